The number of aromatic nitrogens is 1. The molecule has 8 heteroatoms. The molecule has 2 N–H and O–H groups in total. The Balaban J connectivity index is 1.93. The molecule has 8 nitrogen and oxygen atoms in total. The highest BCUT2D eigenvalue weighted by Gasteiger charge is 2.29. The molecule has 1 aromatic heterocycles. The van der Waals surface area contributed by atoms with Gasteiger partial charge in [-0.3, -0.25) is 19.7 Å². The van der Waals surface area contributed by atoms with Gasteiger partial charge in [0.1, 0.15) is 0 Å². The van der Waals surface area contributed by atoms with E-state index in [-0.39, 0.29) is 18.1 Å². The van der Waals surface area contributed by atoms with Crippen LogP contribution in [0.1, 0.15) is 23.2 Å². The summed E-state index contributed by atoms with van der Waals surface area (Å²) in [5.41, 5.74) is 0.869. The lowest BCUT2D eigenvalue weighted by molar-refractivity contribution is -0.384. The van der Waals surface area contributed by atoms with Gasteiger partial charge in [0, 0.05) is 42.3 Å². The van der Waals surface area contributed by atoms with Crippen molar-refractivity contribution < 1.29 is 19.6 Å². The van der Waals surface area contributed by atoms with Crippen LogP contribution in [0.15, 0.2) is 24.4 Å². The number of nitrogens with zero attached hydrogens (tertiary/aromatic N) is 2. The molecular weight excluding hydrogens is 302 g/mol. The van der Waals surface area contributed by atoms with Crippen molar-refractivity contribution in [3.63, 3.8) is 0 Å². The Labute approximate surface area is 130 Å². The third-order valence-corrected chi connectivity index (χ3v) is 4.16. The number of amides is 1. The Morgan fingerprint density at radius 2 is 2.17 bits per heavy atom. The average Bonchev–Trinajstić information content (AvgIpc) is 2.97. The van der Waals surface area contributed by atoms with E-state index in [9.17, 15) is 19.7 Å². The molecule has 1 amide bonds. The first kappa shape index (κ1) is 15.0. The number of nitro benzene ring substituents is 1. The fourth-order valence-electron chi connectivity index (χ4n) is 2.93. The third kappa shape index (κ3) is 2.75. The predicted molar refractivity (Wildman–Crippen MR) is 81.2 cm³/mol. The van der Waals surface area contributed by atoms with Gasteiger partial charge >= 0.3 is 5.97 Å². The lowest BCUT2D eigenvalue weighted by Gasteiger charge is -2.30. The van der Waals surface area contributed by atoms with Crippen LogP contribution in [0.25, 0.3) is 10.9 Å². The minimum absolute atomic E-state index is 0.0896. The number of fused-ring (bicyclic) bond motifs is 1. The molecule has 23 heavy (non-hydrogen) atoms. The van der Waals surface area contributed by atoms with E-state index in [1.807, 2.05) is 0 Å². The van der Waals surface area contributed by atoms with E-state index in [4.69, 9.17) is 5.11 Å². The van der Waals surface area contributed by atoms with Gasteiger partial charge in [0.05, 0.1) is 16.4 Å². The Kier molecular flexibility index (Phi) is 3.73. The van der Waals surface area contributed by atoms with Gasteiger partial charge in [-0.05, 0) is 18.9 Å². The summed E-state index contributed by atoms with van der Waals surface area (Å²) >= 11 is 0. The number of carbonyl (C=O) groups is 2. The molecule has 1 atom stereocenters. The van der Waals surface area contributed by atoms with Gasteiger partial charge in [0.2, 0.25) is 0 Å². The molecule has 0 bridgehead atoms. The number of hydrogen-bond acceptors (Lipinski definition) is 4. The molecular formula is C15H15N3O5. The van der Waals surface area contributed by atoms with Crippen LogP contribution in [0.4, 0.5) is 5.69 Å². The number of non-ortho nitro benzene ring substituents is 1. The fourth-order valence-corrected chi connectivity index (χ4v) is 2.93. The van der Waals surface area contributed by atoms with Crippen LogP contribution in [0.3, 0.4) is 0 Å². The molecule has 1 unspecified atom stereocenters. The molecule has 120 valence electrons. The monoisotopic (exact) mass is 317 g/mol. The van der Waals surface area contributed by atoms with E-state index in [0.29, 0.717) is 35.9 Å². The van der Waals surface area contributed by atoms with E-state index in [1.54, 1.807) is 6.07 Å². The van der Waals surface area contributed by atoms with Crippen molar-refractivity contribution in [1.29, 1.82) is 0 Å². The number of aromatic amines is 1. The molecule has 2 heterocycles. The maximum atomic E-state index is 12.7. The zero-order valence-electron chi connectivity index (χ0n) is 12.2. The first-order valence-electron chi connectivity index (χ1n) is 7.25. The summed E-state index contributed by atoms with van der Waals surface area (Å²) < 4.78 is 0. The van der Waals surface area contributed by atoms with Crippen molar-refractivity contribution >= 4 is 28.5 Å². The molecule has 0 saturated carbocycles. The summed E-state index contributed by atoms with van der Waals surface area (Å²) in [6, 6.07) is 4.28. The largest absolute Gasteiger partial charge is 0.481 e. The number of H-pyrrole nitrogens is 1. The fraction of sp³-hybridized carbons (Fsp3) is 0.333. The van der Waals surface area contributed by atoms with E-state index in [0.717, 1.165) is 0 Å². The van der Waals surface area contributed by atoms with Crippen LogP contribution in [-0.2, 0) is 4.79 Å². The first-order chi connectivity index (χ1) is 11.0. The molecule has 0 spiro atoms. The highest BCUT2D eigenvalue weighted by Crippen LogP contribution is 2.26. The number of nitrogens with one attached hydrogen (secondary N) is 1. The molecule has 1 aliphatic heterocycles. The number of benzene rings is 1. The number of carboxylic acid groups (broad SMARTS) is 1. The first-order valence-corrected chi connectivity index (χ1v) is 7.25. The highest BCUT2D eigenvalue weighted by atomic mass is 16.6. The maximum Gasteiger partial charge on any atom is 0.308 e. The van der Waals surface area contributed by atoms with Crippen molar-refractivity contribution in [3.8, 4) is 0 Å². The summed E-state index contributed by atoms with van der Waals surface area (Å²) in [5, 5.41) is 20.5. The molecule has 2 aromatic rings. The lowest BCUT2D eigenvalue weighted by atomic mass is 9.97. The number of carboxylic acids is 1. The van der Waals surface area contributed by atoms with Crippen LogP contribution >= 0.6 is 0 Å². The number of aliphatic carboxylic acids is 1. The SMILES string of the molecule is O=C(O)C1CCCN(C(=O)c2c[nH]c3ccc([N+](=O)[O-])cc23)C1. The molecule has 1 aliphatic rings. The highest BCUT2D eigenvalue weighted by molar-refractivity contribution is 6.07. The minimum atomic E-state index is -0.905. The number of piperidine rings is 1. The Morgan fingerprint density at radius 3 is 2.87 bits per heavy atom. The van der Waals surface area contributed by atoms with Gasteiger partial charge in [-0.25, -0.2) is 0 Å². The molecule has 1 aromatic carbocycles. The number of nitro groups is 1. The summed E-state index contributed by atoms with van der Waals surface area (Å²) in [6.45, 7) is 0.653. The molecule has 0 radical (unpaired) electrons. The summed E-state index contributed by atoms with van der Waals surface area (Å²) in [6.07, 6.45) is 2.70. The second-order valence-electron chi connectivity index (χ2n) is 5.62. The van der Waals surface area contributed by atoms with Gasteiger partial charge in [-0.15, -0.1) is 0 Å². The Morgan fingerprint density at radius 1 is 1.39 bits per heavy atom. The number of hydrogen-bond donors (Lipinski definition) is 2. The van der Waals surface area contributed by atoms with E-state index < -0.39 is 16.8 Å². The van der Waals surface area contributed by atoms with E-state index >= 15 is 0 Å². The smallest absolute Gasteiger partial charge is 0.308 e. The lowest BCUT2D eigenvalue weighted by Crippen LogP contribution is -2.42. The van der Waals surface area contributed by atoms with Crippen LogP contribution in [0.2, 0.25) is 0 Å². The second kappa shape index (κ2) is 5.71. The maximum absolute atomic E-state index is 12.7. The summed E-state index contributed by atoms with van der Waals surface area (Å²) in [7, 11) is 0. The summed E-state index contributed by atoms with van der Waals surface area (Å²) in [5.74, 6) is -1.77. The quantitative estimate of drug-likeness (QED) is 0.663. The van der Waals surface area contributed by atoms with Gasteiger partial charge in [0.25, 0.3) is 11.6 Å². The van der Waals surface area contributed by atoms with E-state index in [1.165, 1.54) is 23.2 Å². The van der Waals surface area contributed by atoms with Crippen LogP contribution in [0, 0.1) is 16.0 Å². The standard InChI is InChI=1S/C15H15N3O5/c19-14(17-5-1-2-9(8-17)15(20)21)12-7-16-13-4-3-10(18(22)23)6-11(12)13/h3-4,6-7,9,16H,1-2,5,8H2,(H,20,21). The molecule has 0 aliphatic carbocycles. The average molecular weight is 317 g/mol. The Bertz CT molecular complexity index is 798. The summed E-state index contributed by atoms with van der Waals surface area (Å²) in [4.78, 5) is 38.6. The van der Waals surface area contributed by atoms with Crippen molar-refractivity contribution in [1.82, 2.24) is 9.88 Å². The van der Waals surface area contributed by atoms with Crippen LogP contribution in [-0.4, -0.2) is 44.9 Å². The number of carbonyl (C=O) groups excluding carboxylic acids is 1. The Hall–Kier alpha value is -2.90. The van der Waals surface area contributed by atoms with Gasteiger partial charge < -0.3 is 15.0 Å². The van der Waals surface area contributed by atoms with Crippen LogP contribution in [0.5, 0.6) is 0 Å². The van der Waals surface area contributed by atoms with Gasteiger partial charge in [-0.2, -0.15) is 0 Å². The zero-order valence-corrected chi connectivity index (χ0v) is 12.2. The predicted octanol–water partition coefficient (Wildman–Crippen LogP) is 2.01. The molecule has 3 rings (SSSR count). The van der Waals surface area contributed by atoms with Crippen LogP contribution < -0.4 is 0 Å². The second-order valence-corrected chi connectivity index (χ2v) is 5.62. The van der Waals surface area contributed by atoms with Gasteiger partial charge in [-0.1, -0.05) is 0 Å². The third-order valence-electron chi connectivity index (χ3n) is 4.16. The normalized spacial score (nSPS) is 18.1. The van der Waals surface area contributed by atoms with Crippen molar-refractivity contribution in [2.75, 3.05) is 13.1 Å². The molecule has 1 fully saturated rings. The van der Waals surface area contributed by atoms with Crippen molar-refractivity contribution in [2.24, 2.45) is 5.92 Å². The molecule has 1 saturated heterocycles. The van der Waals surface area contributed by atoms with Crippen molar-refractivity contribution in [3.05, 3.63) is 40.1 Å². The number of rotatable bonds is 3. The van der Waals surface area contributed by atoms with Crippen molar-refractivity contribution in [2.45, 2.75) is 12.8 Å². The minimum Gasteiger partial charge on any atom is -0.481 e. The van der Waals surface area contributed by atoms with Gasteiger partial charge in [0.15, 0.2) is 0 Å². The number of likely N-dealkylation sites (tertiary alicyclic amines) is 1. The van der Waals surface area contributed by atoms with E-state index in [2.05, 4.69) is 4.98 Å². The zero-order chi connectivity index (χ0) is 16.6. The topological polar surface area (TPSA) is 117 Å².